The van der Waals surface area contributed by atoms with Gasteiger partial charge in [0.2, 0.25) is 0 Å². The maximum absolute atomic E-state index is 6.15. The van der Waals surface area contributed by atoms with Gasteiger partial charge in [-0.1, -0.05) is 24.3 Å². The largest absolute Gasteiger partial charge is 0.497 e. The fraction of sp³-hybridized carbons (Fsp3) is 0.368. The molecule has 0 spiro atoms. The minimum Gasteiger partial charge on any atom is -0.399 e. The molecule has 1 saturated heterocycles. The third-order valence-electron chi connectivity index (χ3n) is 4.69. The highest BCUT2D eigenvalue weighted by Gasteiger charge is 2.52. The van der Waals surface area contributed by atoms with E-state index >= 15 is 0 Å². The Morgan fingerprint density at radius 3 is 2.29 bits per heavy atom. The molecule has 1 aliphatic heterocycles. The van der Waals surface area contributed by atoms with Crippen molar-refractivity contribution >= 4 is 24.5 Å². The van der Waals surface area contributed by atoms with Gasteiger partial charge < -0.3 is 9.31 Å². The number of hydrogen-bond donors (Lipinski definition) is 0. The van der Waals surface area contributed by atoms with Crippen molar-refractivity contribution < 1.29 is 9.31 Å². The van der Waals surface area contributed by atoms with E-state index in [0.717, 1.165) is 22.5 Å². The molecule has 2 heterocycles. The average Bonchev–Trinajstić information content (AvgIpc) is 2.74. The highest BCUT2D eigenvalue weighted by Crippen LogP contribution is 2.37. The molecule has 0 unspecified atom stereocenters. The molecule has 1 fully saturated rings. The average molecular weight is 322 g/mol. The number of aliphatic imine (C=N–C) groups is 1. The number of aryl methyl sites for hydroxylation is 1. The molecule has 1 aromatic carbocycles. The van der Waals surface area contributed by atoms with Crippen molar-refractivity contribution in [1.29, 1.82) is 0 Å². The highest BCUT2D eigenvalue weighted by atomic mass is 16.7. The molecule has 24 heavy (non-hydrogen) atoms. The van der Waals surface area contributed by atoms with Crippen molar-refractivity contribution in [1.82, 2.24) is 4.98 Å². The SMILES string of the molecule is Cc1cccc(C=Nc2ccccc2B2OC(C)(C)C(C)(C)O2)n1. The van der Waals surface area contributed by atoms with E-state index in [1.807, 2.05) is 49.4 Å². The van der Waals surface area contributed by atoms with E-state index in [1.54, 1.807) is 6.21 Å². The van der Waals surface area contributed by atoms with Crippen LogP contribution in [0, 0.1) is 6.92 Å². The lowest BCUT2D eigenvalue weighted by Gasteiger charge is -2.32. The summed E-state index contributed by atoms with van der Waals surface area (Å²) >= 11 is 0. The Kier molecular flexibility index (Phi) is 4.32. The molecule has 0 saturated carbocycles. The Hall–Kier alpha value is -1.98. The molecule has 124 valence electrons. The van der Waals surface area contributed by atoms with Crippen LogP contribution in [0.2, 0.25) is 0 Å². The summed E-state index contributed by atoms with van der Waals surface area (Å²) < 4.78 is 12.3. The first kappa shape index (κ1) is 16.9. The summed E-state index contributed by atoms with van der Waals surface area (Å²) in [5, 5.41) is 0. The van der Waals surface area contributed by atoms with Crippen molar-refractivity contribution in [3.63, 3.8) is 0 Å². The number of aromatic nitrogens is 1. The molecule has 0 aliphatic carbocycles. The Morgan fingerprint density at radius 2 is 1.62 bits per heavy atom. The van der Waals surface area contributed by atoms with Crippen molar-refractivity contribution in [2.75, 3.05) is 0 Å². The van der Waals surface area contributed by atoms with Gasteiger partial charge in [-0.05, 0) is 52.8 Å². The fourth-order valence-corrected chi connectivity index (χ4v) is 2.55. The molecule has 0 bridgehead atoms. The van der Waals surface area contributed by atoms with Gasteiger partial charge in [0.25, 0.3) is 0 Å². The van der Waals surface area contributed by atoms with Gasteiger partial charge in [0, 0.05) is 11.2 Å². The van der Waals surface area contributed by atoms with Gasteiger partial charge in [-0.15, -0.1) is 0 Å². The number of pyridine rings is 1. The molecule has 1 aliphatic rings. The summed E-state index contributed by atoms with van der Waals surface area (Å²) in [5.74, 6) is 0. The van der Waals surface area contributed by atoms with Gasteiger partial charge >= 0.3 is 7.12 Å². The molecule has 0 atom stereocenters. The Labute approximate surface area is 144 Å². The van der Waals surface area contributed by atoms with E-state index in [2.05, 4.69) is 37.7 Å². The maximum atomic E-state index is 6.15. The molecule has 5 heteroatoms. The van der Waals surface area contributed by atoms with Gasteiger partial charge in [0.15, 0.2) is 0 Å². The third-order valence-corrected chi connectivity index (χ3v) is 4.69. The van der Waals surface area contributed by atoms with Crippen LogP contribution in [0.3, 0.4) is 0 Å². The predicted molar refractivity (Wildman–Crippen MR) is 98.4 cm³/mol. The molecule has 4 nitrogen and oxygen atoms in total. The molecule has 1 aromatic heterocycles. The molecule has 0 N–H and O–H groups in total. The zero-order valence-electron chi connectivity index (χ0n) is 14.9. The summed E-state index contributed by atoms with van der Waals surface area (Å²) in [4.78, 5) is 9.06. The van der Waals surface area contributed by atoms with Crippen molar-refractivity contribution in [3.8, 4) is 0 Å². The molecule has 3 rings (SSSR count). The lowest BCUT2D eigenvalue weighted by atomic mass is 9.78. The van der Waals surface area contributed by atoms with Crippen LogP contribution >= 0.6 is 0 Å². The molecular formula is C19H23BN2O2. The van der Waals surface area contributed by atoms with Crippen LogP contribution in [0.5, 0.6) is 0 Å². The summed E-state index contributed by atoms with van der Waals surface area (Å²) in [6.07, 6.45) is 1.77. The molecular weight excluding hydrogens is 299 g/mol. The van der Waals surface area contributed by atoms with E-state index in [0.29, 0.717) is 0 Å². The first-order chi connectivity index (χ1) is 11.3. The zero-order valence-corrected chi connectivity index (χ0v) is 14.9. The molecule has 0 amide bonds. The number of hydrogen-bond acceptors (Lipinski definition) is 4. The van der Waals surface area contributed by atoms with Gasteiger partial charge in [0.1, 0.15) is 0 Å². The summed E-state index contributed by atoms with van der Waals surface area (Å²) in [6.45, 7) is 10.2. The van der Waals surface area contributed by atoms with Gasteiger partial charge in [-0.2, -0.15) is 0 Å². The second kappa shape index (κ2) is 6.15. The fourth-order valence-electron chi connectivity index (χ4n) is 2.55. The van der Waals surface area contributed by atoms with Gasteiger partial charge in [-0.3, -0.25) is 9.98 Å². The van der Waals surface area contributed by atoms with E-state index in [-0.39, 0.29) is 11.2 Å². The van der Waals surface area contributed by atoms with Crippen LogP contribution < -0.4 is 5.46 Å². The van der Waals surface area contributed by atoms with Crippen molar-refractivity contribution in [2.24, 2.45) is 4.99 Å². The minimum atomic E-state index is -0.422. The quantitative estimate of drug-likeness (QED) is 0.642. The number of benzene rings is 1. The van der Waals surface area contributed by atoms with E-state index in [1.165, 1.54) is 0 Å². The minimum absolute atomic E-state index is 0.368. The molecule has 0 radical (unpaired) electrons. The number of nitrogens with zero attached hydrogens (tertiary/aromatic N) is 2. The van der Waals surface area contributed by atoms with E-state index in [9.17, 15) is 0 Å². The van der Waals surface area contributed by atoms with Crippen LogP contribution in [-0.2, 0) is 9.31 Å². The lowest BCUT2D eigenvalue weighted by molar-refractivity contribution is 0.00578. The lowest BCUT2D eigenvalue weighted by Crippen LogP contribution is -2.41. The smallest absolute Gasteiger partial charge is 0.399 e. The van der Waals surface area contributed by atoms with Gasteiger partial charge in [0.05, 0.1) is 28.8 Å². The predicted octanol–water partition coefficient (Wildman–Crippen LogP) is 3.44. The van der Waals surface area contributed by atoms with E-state index < -0.39 is 7.12 Å². The van der Waals surface area contributed by atoms with Crippen LogP contribution in [0.25, 0.3) is 0 Å². The Balaban J connectivity index is 1.89. The first-order valence-electron chi connectivity index (χ1n) is 8.21. The zero-order chi connectivity index (χ0) is 17.4. The maximum Gasteiger partial charge on any atom is 0.497 e. The highest BCUT2D eigenvalue weighted by molar-refractivity contribution is 6.63. The van der Waals surface area contributed by atoms with Crippen molar-refractivity contribution in [3.05, 3.63) is 53.9 Å². The first-order valence-corrected chi connectivity index (χ1v) is 8.21. The molecule has 2 aromatic rings. The van der Waals surface area contributed by atoms with Crippen LogP contribution in [0.1, 0.15) is 39.1 Å². The third kappa shape index (κ3) is 3.28. The normalized spacial score (nSPS) is 19.1. The van der Waals surface area contributed by atoms with Crippen LogP contribution in [0.15, 0.2) is 47.5 Å². The number of para-hydroxylation sites is 1. The Bertz CT molecular complexity index is 755. The van der Waals surface area contributed by atoms with Crippen LogP contribution in [-0.4, -0.2) is 29.5 Å². The standard InChI is InChI=1S/C19H23BN2O2/c1-14-9-8-10-15(22-14)13-21-17-12-7-6-11-16(17)20-23-18(2,3)19(4,5)24-20/h6-13H,1-5H3. The van der Waals surface area contributed by atoms with E-state index in [4.69, 9.17) is 9.31 Å². The number of rotatable bonds is 3. The topological polar surface area (TPSA) is 43.7 Å². The van der Waals surface area contributed by atoms with Crippen molar-refractivity contribution in [2.45, 2.75) is 45.8 Å². The summed E-state index contributed by atoms with van der Waals surface area (Å²) in [6, 6.07) is 13.8. The second-order valence-electron chi connectivity index (χ2n) is 7.11. The summed E-state index contributed by atoms with van der Waals surface area (Å²) in [5.41, 5.74) is 2.83. The monoisotopic (exact) mass is 322 g/mol. The second-order valence-corrected chi connectivity index (χ2v) is 7.11. The summed E-state index contributed by atoms with van der Waals surface area (Å²) in [7, 11) is -0.422. The van der Waals surface area contributed by atoms with Crippen LogP contribution in [0.4, 0.5) is 5.69 Å². The van der Waals surface area contributed by atoms with Gasteiger partial charge in [-0.25, -0.2) is 0 Å². The Morgan fingerprint density at radius 1 is 0.958 bits per heavy atom.